The molecule has 4 rings (SSSR count). The fourth-order valence-electron chi connectivity index (χ4n) is 3.37. The van der Waals surface area contributed by atoms with E-state index in [1.165, 1.54) is 12.1 Å². The Labute approximate surface area is 133 Å². The Bertz CT molecular complexity index is 830. The number of rotatable bonds is 3. The number of benzene rings is 1. The Morgan fingerprint density at radius 2 is 2.00 bits per heavy atom. The summed E-state index contributed by atoms with van der Waals surface area (Å²) in [6.45, 7) is 2.10. The first-order valence-corrected chi connectivity index (χ1v) is 7.76. The van der Waals surface area contributed by atoms with Gasteiger partial charge in [0, 0.05) is 37.7 Å². The van der Waals surface area contributed by atoms with Crippen molar-refractivity contribution in [3.63, 3.8) is 0 Å². The monoisotopic (exact) mass is 311 g/mol. The van der Waals surface area contributed by atoms with Crippen LogP contribution in [0.3, 0.4) is 0 Å². The molecule has 3 aromatic rings. The highest BCUT2D eigenvalue weighted by Gasteiger charge is 2.37. The van der Waals surface area contributed by atoms with Crippen LogP contribution in [0.1, 0.15) is 17.7 Å². The minimum absolute atomic E-state index is 0.279. The van der Waals surface area contributed by atoms with E-state index in [-0.39, 0.29) is 5.82 Å². The number of nitrogens with zero attached hydrogens (tertiary/aromatic N) is 3. The van der Waals surface area contributed by atoms with E-state index in [0.717, 1.165) is 30.0 Å². The molecule has 0 bridgehead atoms. The van der Waals surface area contributed by atoms with Crippen molar-refractivity contribution >= 4 is 5.65 Å². The van der Waals surface area contributed by atoms with Crippen LogP contribution in [0, 0.1) is 5.82 Å². The summed E-state index contributed by atoms with van der Waals surface area (Å²) >= 11 is 0. The van der Waals surface area contributed by atoms with Crippen LogP contribution in [-0.2, 0) is 12.1 Å². The fraction of sp³-hybridized carbons (Fsp3) is 0.278. The van der Waals surface area contributed by atoms with Crippen molar-refractivity contribution in [2.75, 3.05) is 13.1 Å². The predicted octanol–water partition coefficient (Wildman–Crippen LogP) is 2.57. The molecule has 0 amide bonds. The smallest absolute Gasteiger partial charge is 0.136 e. The van der Waals surface area contributed by atoms with Gasteiger partial charge in [0.25, 0.3) is 0 Å². The molecule has 4 nitrogen and oxygen atoms in total. The van der Waals surface area contributed by atoms with Gasteiger partial charge in [-0.25, -0.2) is 9.37 Å². The number of halogens is 1. The van der Waals surface area contributed by atoms with Crippen LogP contribution in [0.5, 0.6) is 0 Å². The molecule has 5 heteroatoms. The third-order valence-corrected chi connectivity index (χ3v) is 4.61. The molecule has 23 heavy (non-hydrogen) atoms. The molecule has 1 saturated heterocycles. The summed E-state index contributed by atoms with van der Waals surface area (Å²) in [6, 6.07) is 12.2. The molecular weight excluding hydrogens is 293 g/mol. The molecule has 1 aliphatic heterocycles. The lowest BCUT2D eigenvalue weighted by molar-refractivity contribution is 0.0451. The number of pyridine rings is 1. The summed E-state index contributed by atoms with van der Waals surface area (Å²) in [5, 5.41) is 10.9. The minimum atomic E-state index is -0.906. The van der Waals surface area contributed by atoms with Crippen molar-refractivity contribution in [2.45, 2.75) is 18.6 Å². The SMILES string of the molecule is OC1(c2ccc(F)cc2)CCN(Cc2cccc3nccn23)C1. The lowest BCUT2D eigenvalue weighted by Crippen LogP contribution is -2.30. The molecule has 0 spiro atoms. The highest BCUT2D eigenvalue weighted by molar-refractivity contribution is 5.39. The van der Waals surface area contributed by atoms with Crippen LogP contribution in [0.25, 0.3) is 5.65 Å². The number of aromatic nitrogens is 2. The molecule has 0 radical (unpaired) electrons. The largest absolute Gasteiger partial charge is 0.384 e. The summed E-state index contributed by atoms with van der Waals surface area (Å²) in [7, 11) is 0. The van der Waals surface area contributed by atoms with E-state index in [2.05, 4.69) is 20.4 Å². The van der Waals surface area contributed by atoms with Crippen LogP contribution in [-0.4, -0.2) is 32.5 Å². The fourth-order valence-corrected chi connectivity index (χ4v) is 3.37. The van der Waals surface area contributed by atoms with Crippen LogP contribution in [0.2, 0.25) is 0 Å². The van der Waals surface area contributed by atoms with Crippen molar-refractivity contribution in [2.24, 2.45) is 0 Å². The van der Waals surface area contributed by atoms with Gasteiger partial charge < -0.3 is 9.51 Å². The van der Waals surface area contributed by atoms with Crippen molar-refractivity contribution in [1.82, 2.24) is 14.3 Å². The summed E-state index contributed by atoms with van der Waals surface area (Å²) in [4.78, 5) is 6.52. The number of hydrogen-bond acceptors (Lipinski definition) is 3. The maximum atomic E-state index is 13.1. The Morgan fingerprint density at radius 1 is 1.17 bits per heavy atom. The van der Waals surface area contributed by atoms with Crippen molar-refractivity contribution in [3.8, 4) is 0 Å². The van der Waals surface area contributed by atoms with Crippen molar-refractivity contribution in [1.29, 1.82) is 0 Å². The number of β-amino-alcohol motifs (C(OH)–C–C–N with tert-alkyl or cyclic N) is 1. The summed E-state index contributed by atoms with van der Waals surface area (Å²) in [6.07, 6.45) is 4.39. The Balaban J connectivity index is 1.54. The van der Waals surface area contributed by atoms with Gasteiger partial charge in [0.05, 0.1) is 0 Å². The molecule has 1 aliphatic rings. The van der Waals surface area contributed by atoms with Gasteiger partial charge >= 0.3 is 0 Å². The number of hydrogen-bond donors (Lipinski definition) is 1. The minimum Gasteiger partial charge on any atom is -0.384 e. The van der Waals surface area contributed by atoms with Crippen molar-refractivity contribution < 1.29 is 9.50 Å². The van der Waals surface area contributed by atoms with E-state index in [0.29, 0.717) is 13.0 Å². The Kier molecular flexibility index (Phi) is 3.39. The highest BCUT2D eigenvalue weighted by Crippen LogP contribution is 2.32. The second-order valence-electron chi connectivity index (χ2n) is 6.17. The summed E-state index contributed by atoms with van der Waals surface area (Å²) in [5.74, 6) is -0.279. The van der Waals surface area contributed by atoms with Gasteiger partial charge in [0.2, 0.25) is 0 Å². The molecule has 1 fully saturated rings. The van der Waals surface area contributed by atoms with Gasteiger partial charge in [-0.05, 0) is 36.2 Å². The standard InChI is InChI=1S/C18H18FN3O/c19-15-6-4-14(5-7-15)18(23)8-10-21(13-18)12-16-2-1-3-17-20-9-11-22(16)17/h1-7,9,11,23H,8,10,12-13H2. The van der Waals surface area contributed by atoms with E-state index < -0.39 is 5.60 Å². The first-order valence-electron chi connectivity index (χ1n) is 7.76. The van der Waals surface area contributed by atoms with Gasteiger partial charge in [0.15, 0.2) is 0 Å². The quantitative estimate of drug-likeness (QED) is 0.808. The average Bonchev–Trinajstić information content (AvgIpc) is 3.16. The van der Waals surface area contributed by atoms with Gasteiger partial charge in [-0.2, -0.15) is 0 Å². The molecule has 0 aliphatic carbocycles. The predicted molar refractivity (Wildman–Crippen MR) is 85.4 cm³/mol. The van der Waals surface area contributed by atoms with Gasteiger partial charge in [0.1, 0.15) is 17.1 Å². The molecule has 1 unspecified atom stereocenters. The molecule has 1 N–H and O–H groups in total. The van der Waals surface area contributed by atoms with Crippen LogP contribution in [0.4, 0.5) is 4.39 Å². The highest BCUT2D eigenvalue weighted by atomic mass is 19.1. The lowest BCUT2D eigenvalue weighted by atomic mass is 9.93. The van der Waals surface area contributed by atoms with Gasteiger partial charge in [-0.15, -0.1) is 0 Å². The molecule has 2 aromatic heterocycles. The van der Waals surface area contributed by atoms with Crippen LogP contribution < -0.4 is 0 Å². The normalized spacial score (nSPS) is 22.0. The number of fused-ring (bicyclic) bond motifs is 1. The van der Waals surface area contributed by atoms with Gasteiger partial charge in [-0.1, -0.05) is 18.2 Å². The lowest BCUT2D eigenvalue weighted by Gasteiger charge is -2.24. The average molecular weight is 311 g/mol. The number of imidazole rings is 1. The zero-order valence-corrected chi connectivity index (χ0v) is 12.7. The third kappa shape index (κ3) is 2.62. The summed E-state index contributed by atoms with van der Waals surface area (Å²) < 4.78 is 15.1. The van der Waals surface area contributed by atoms with Crippen molar-refractivity contribution in [3.05, 3.63) is 71.9 Å². The Morgan fingerprint density at radius 3 is 2.83 bits per heavy atom. The molecule has 0 saturated carbocycles. The topological polar surface area (TPSA) is 40.8 Å². The molecular formula is C18H18FN3O. The van der Waals surface area contributed by atoms with Crippen LogP contribution in [0.15, 0.2) is 54.9 Å². The molecule has 1 aromatic carbocycles. The van der Waals surface area contributed by atoms with E-state index in [1.807, 2.05) is 18.3 Å². The van der Waals surface area contributed by atoms with Gasteiger partial charge in [-0.3, -0.25) is 4.90 Å². The molecule has 1 atom stereocenters. The maximum Gasteiger partial charge on any atom is 0.136 e. The molecule has 118 valence electrons. The maximum absolute atomic E-state index is 13.1. The second kappa shape index (κ2) is 5.44. The van der Waals surface area contributed by atoms with Crippen LogP contribution >= 0.6 is 0 Å². The van der Waals surface area contributed by atoms with E-state index >= 15 is 0 Å². The first kappa shape index (κ1) is 14.4. The van der Waals surface area contributed by atoms with E-state index in [1.54, 1.807) is 18.3 Å². The first-order chi connectivity index (χ1) is 11.1. The summed E-state index contributed by atoms with van der Waals surface area (Å²) in [5.41, 5.74) is 1.94. The molecule has 3 heterocycles. The Hall–Kier alpha value is -2.24. The number of aliphatic hydroxyl groups is 1. The third-order valence-electron chi connectivity index (χ3n) is 4.61. The number of likely N-dealkylation sites (tertiary alicyclic amines) is 1. The van der Waals surface area contributed by atoms with E-state index in [4.69, 9.17) is 0 Å². The zero-order valence-electron chi connectivity index (χ0n) is 12.7. The second-order valence-corrected chi connectivity index (χ2v) is 6.17. The van der Waals surface area contributed by atoms with E-state index in [9.17, 15) is 9.50 Å². The zero-order chi connectivity index (χ0) is 15.9.